The van der Waals surface area contributed by atoms with Gasteiger partial charge in [-0.3, -0.25) is 0 Å². The molecule has 2 nitrogen and oxygen atoms in total. The van der Waals surface area contributed by atoms with Gasteiger partial charge >= 0.3 is 0 Å². The fourth-order valence-electron chi connectivity index (χ4n) is 2.19. The van der Waals surface area contributed by atoms with Crippen LogP contribution in [0.5, 0.6) is 5.75 Å². The maximum Gasteiger partial charge on any atom is 0.165 e. The molecule has 1 N–H and O–H groups in total. The lowest BCUT2D eigenvalue weighted by molar-refractivity contribution is 0.181. The van der Waals surface area contributed by atoms with E-state index in [2.05, 4.69) is 5.32 Å². The average molecular weight is 223 g/mol. The maximum atomic E-state index is 13.3. The maximum absolute atomic E-state index is 13.3. The fourth-order valence-corrected chi connectivity index (χ4v) is 2.19. The van der Waals surface area contributed by atoms with Crippen molar-refractivity contribution in [2.45, 2.75) is 25.9 Å². The zero-order chi connectivity index (χ0) is 11.4. The molecule has 1 heterocycles. The van der Waals surface area contributed by atoms with Crippen LogP contribution in [-0.4, -0.2) is 19.2 Å². The van der Waals surface area contributed by atoms with Crippen molar-refractivity contribution in [1.82, 2.24) is 5.32 Å². The molecule has 0 bridgehead atoms. The summed E-state index contributed by atoms with van der Waals surface area (Å²) in [6.07, 6.45) is 2.26. The lowest BCUT2D eigenvalue weighted by Gasteiger charge is -2.18. The van der Waals surface area contributed by atoms with Crippen molar-refractivity contribution >= 4 is 0 Å². The van der Waals surface area contributed by atoms with E-state index in [1.807, 2.05) is 6.92 Å². The third kappa shape index (κ3) is 2.95. The van der Waals surface area contributed by atoms with Crippen LogP contribution in [0, 0.1) is 11.7 Å². The highest BCUT2D eigenvalue weighted by atomic mass is 19.1. The van der Waals surface area contributed by atoms with E-state index in [0.29, 0.717) is 11.7 Å². The summed E-state index contributed by atoms with van der Waals surface area (Å²) in [7, 11) is 0. The summed E-state index contributed by atoms with van der Waals surface area (Å²) in [5, 5.41) is 3.32. The Kier molecular flexibility index (Phi) is 3.78. The van der Waals surface area contributed by atoms with Crippen LogP contribution in [0.15, 0.2) is 24.3 Å². The van der Waals surface area contributed by atoms with Gasteiger partial charge in [0, 0.05) is 0 Å². The van der Waals surface area contributed by atoms with E-state index in [9.17, 15) is 4.39 Å². The Morgan fingerprint density at radius 3 is 3.00 bits per heavy atom. The Hall–Kier alpha value is -1.09. The Morgan fingerprint density at radius 2 is 2.31 bits per heavy atom. The minimum absolute atomic E-state index is 0.0711. The van der Waals surface area contributed by atoms with Crippen molar-refractivity contribution in [3.8, 4) is 5.75 Å². The monoisotopic (exact) mass is 223 g/mol. The van der Waals surface area contributed by atoms with Crippen LogP contribution in [0.3, 0.4) is 0 Å². The standard InChI is InChI=1S/C13H18FNO/c1-10(8-11-6-7-15-9-11)16-13-5-3-2-4-12(13)14/h2-5,10-11,15H,6-9H2,1H3. The minimum atomic E-state index is -0.279. The van der Waals surface area contributed by atoms with Crippen molar-refractivity contribution in [2.75, 3.05) is 13.1 Å². The lowest BCUT2D eigenvalue weighted by atomic mass is 10.0. The SMILES string of the molecule is CC(CC1CCNC1)Oc1ccccc1F. The van der Waals surface area contributed by atoms with Gasteiger partial charge in [0.15, 0.2) is 11.6 Å². The molecule has 1 aromatic rings. The van der Waals surface area contributed by atoms with Gasteiger partial charge in [-0.25, -0.2) is 4.39 Å². The van der Waals surface area contributed by atoms with Gasteiger partial charge in [-0.1, -0.05) is 12.1 Å². The molecule has 1 aliphatic rings. The molecular formula is C13H18FNO. The van der Waals surface area contributed by atoms with Crippen LogP contribution in [0.1, 0.15) is 19.8 Å². The summed E-state index contributed by atoms with van der Waals surface area (Å²) < 4.78 is 18.9. The molecule has 16 heavy (non-hydrogen) atoms. The van der Waals surface area contributed by atoms with Crippen molar-refractivity contribution in [1.29, 1.82) is 0 Å². The first-order chi connectivity index (χ1) is 7.75. The summed E-state index contributed by atoms with van der Waals surface area (Å²) in [5.74, 6) is 0.752. The van der Waals surface area contributed by atoms with Gasteiger partial charge in [-0.05, 0) is 50.9 Å². The van der Waals surface area contributed by atoms with Crippen LogP contribution >= 0.6 is 0 Å². The number of hydrogen-bond acceptors (Lipinski definition) is 2. The van der Waals surface area contributed by atoms with Crippen LogP contribution < -0.4 is 10.1 Å². The summed E-state index contributed by atoms with van der Waals surface area (Å²) in [6.45, 7) is 4.16. The quantitative estimate of drug-likeness (QED) is 0.847. The second-order valence-corrected chi connectivity index (χ2v) is 4.45. The topological polar surface area (TPSA) is 21.3 Å². The minimum Gasteiger partial charge on any atom is -0.488 e. The Labute approximate surface area is 95.8 Å². The number of nitrogens with one attached hydrogen (secondary N) is 1. The van der Waals surface area contributed by atoms with Crippen LogP contribution in [0.25, 0.3) is 0 Å². The Bertz CT molecular complexity index is 336. The molecule has 0 radical (unpaired) electrons. The molecule has 0 spiro atoms. The van der Waals surface area contributed by atoms with Gasteiger partial charge < -0.3 is 10.1 Å². The smallest absolute Gasteiger partial charge is 0.165 e. The molecule has 1 aliphatic heterocycles. The summed E-state index contributed by atoms with van der Waals surface area (Å²) >= 11 is 0. The molecule has 1 fully saturated rings. The first kappa shape index (κ1) is 11.4. The number of para-hydroxylation sites is 1. The van der Waals surface area contributed by atoms with Crippen molar-refractivity contribution in [2.24, 2.45) is 5.92 Å². The number of ether oxygens (including phenoxy) is 1. The lowest BCUT2D eigenvalue weighted by Crippen LogP contribution is -2.19. The van der Waals surface area contributed by atoms with E-state index in [1.165, 1.54) is 12.5 Å². The largest absolute Gasteiger partial charge is 0.488 e. The van der Waals surface area contributed by atoms with E-state index in [1.54, 1.807) is 18.2 Å². The number of rotatable bonds is 4. The summed E-state index contributed by atoms with van der Waals surface area (Å²) in [4.78, 5) is 0. The molecule has 1 saturated heterocycles. The molecular weight excluding hydrogens is 205 g/mol. The van der Waals surface area contributed by atoms with Gasteiger partial charge in [0.2, 0.25) is 0 Å². The zero-order valence-electron chi connectivity index (χ0n) is 9.58. The number of halogens is 1. The predicted molar refractivity (Wildman–Crippen MR) is 62.1 cm³/mol. The highest BCUT2D eigenvalue weighted by molar-refractivity contribution is 5.23. The van der Waals surface area contributed by atoms with Gasteiger partial charge in [-0.2, -0.15) is 0 Å². The van der Waals surface area contributed by atoms with Gasteiger partial charge in [0.05, 0.1) is 6.10 Å². The number of hydrogen-bond donors (Lipinski definition) is 1. The molecule has 3 heteroatoms. The molecule has 0 aliphatic carbocycles. The molecule has 0 aromatic heterocycles. The highest BCUT2D eigenvalue weighted by Crippen LogP contribution is 2.21. The molecule has 2 unspecified atom stereocenters. The number of benzene rings is 1. The second kappa shape index (κ2) is 5.30. The zero-order valence-corrected chi connectivity index (χ0v) is 9.58. The van der Waals surface area contributed by atoms with Crippen LogP contribution in [-0.2, 0) is 0 Å². The van der Waals surface area contributed by atoms with Crippen LogP contribution in [0.4, 0.5) is 4.39 Å². The highest BCUT2D eigenvalue weighted by Gasteiger charge is 2.18. The molecule has 2 atom stereocenters. The summed E-state index contributed by atoms with van der Waals surface area (Å²) in [5.41, 5.74) is 0. The van der Waals surface area contributed by atoms with Gasteiger partial charge in [-0.15, -0.1) is 0 Å². The first-order valence-corrected chi connectivity index (χ1v) is 5.87. The first-order valence-electron chi connectivity index (χ1n) is 5.87. The third-order valence-corrected chi connectivity index (χ3v) is 2.99. The average Bonchev–Trinajstić information content (AvgIpc) is 2.74. The summed E-state index contributed by atoms with van der Waals surface area (Å²) in [6, 6.07) is 6.58. The van der Waals surface area contributed by atoms with Crippen molar-refractivity contribution < 1.29 is 9.13 Å². The van der Waals surface area contributed by atoms with E-state index < -0.39 is 0 Å². The van der Waals surface area contributed by atoms with E-state index >= 15 is 0 Å². The second-order valence-electron chi connectivity index (χ2n) is 4.45. The molecule has 1 aromatic carbocycles. The predicted octanol–water partition coefficient (Wildman–Crippen LogP) is 2.59. The third-order valence-electron chi connectivity index (χ3n) is 2.99. The van der Waals surface area contributed by atoms with Crippen LogP contribution in [0.2, 0.25) is 0 Å². The fraction of sp³-hybridized carbons (Fsp3) is 0.538. The van der Waals surface area contributed by atoms with E-state index in [0.717, 1.165) is 19.5 Å². The molecule has 0 saturated carbocycles. The Balaban J connectivity index is 1.86. The van der Waals surface area contributed by atoms with Gasteiger partial charge in [0.25, 0.3) is 0 Å². The molecule has 2 rings (SSSR count). The van der Waals surface area contributed by atoms with Gasteiger partial charge in [0.1, 0.15) is 0 Å². The normalized spacial score (nSPS) is 22.0. The van der Waals surface area contributed by atoms with Crippen molar-refractivity contribution in [3.05, 3.63) is 30.1 Å². The van der Waals surface area contributed by atoms with Crippen molar-refractivity contribution in [3.63, 3.8) is 0 Å². The molecule has 88 valence electrons. The Morgan fingerprint density at radius 1 is 1.50 bits per heavy atom. The van der Waals surface area contributed by atoms with E-state index in [4.69, 9.17) is 4.74 Å². The molecule has 0 amide bonds. The van der Waals surface area contributed by atoms with E-state index in [-0.39, 0.29) is 11.9 Å².